The van der Waals surface area contributed by atoms with Gasteiger partial charge in [-0.3, -0.25) is 9.69 Å². The van der Waals surface area contributed by atoms with E-state index in [1.165, 1.54) is 0 Å². The number of aromatic nitrogens is 2. The highest BCUT2D eigenvalue weighted by Gasteiger charge is 2.28. The first-order valence-electron chi connectivity index (χ1n) is 7.62. The lowest BCUT2D eigenvalue weighted by Crippen LogP contribution is -2.39. The number of hydrogen-bond acceptors (Lipinski definition) is 6. The predicted molar refractivity (Wildman–Crippen MR) is 77.6 cm³/mol. The molecule has 0 amide bonds. The molecule has 2 heterocycles. The molecule has 6 nitrogen and oxygen atoms in total. The lowest BCUT2D eigenvalue weighted by Gasteiger charge is -2.30. The quantitative estimate of drug-likeness (QED) is 0.793. The maximum absolute atomic E-state index is 11.8. The molecule has 21 heavy (non-hydrogen) atoms. The summed E-state index contributed by atoms with van der Waals surface area (Å²) in [5.74, 6) is 1.13. The van der Waals surface area contributed by atoms with Crippen LogP contribution in [0.4, 0.5) is 0 Å². The molecule has 0 aromatic carbocycles. The van der Waals surface area contributed by atoms with E-state index in [1.807, 2.05) is 27.7 Å². The van der Waals surface area contributed by atoms with Gasteiger partial charge < -0.3 is 9.15 Å². The normalized spacial score (nSPS) is 20.5. The van der Waals surface area contributed by atoms with Crippen LogP contribution in [-0.2, 0) is 21.5 Å². The molecule has 6 heteroatoms. The summed E-state index contributed by atoms with van der Waals surface area (Å²) < 4.78 is 10.8. The Morgan fingerprint density at radius 1 is 1.43 bits per heavy atom. The maximum atomic E-state index is 11.8. The van der Waals surface area contributed by atoms with Crippen molar-refractivity contribution in [1.82, 2.24) is 15.1 Å². The minimum absolute atomic E-state index is 0.0382. The van der Waals surface area contributed by atoms with E-state index in [4.69, 9.17) is 9.15 Å². The van der Waals surface area contributed by atoms with Crippen LogP contribution in [0.2, 0.25) is 0 Å². The Balaban J connectivity index is 1.93. The zero-order valence-electron chi connectivity index (χ0n) is 13.4. The van der Waals surface area contributed by atoms with Gasteiger partial charge in [0.1, 0.15) is 0 Å². The third-order valence-electron chi connectivity index (χ3n) is 3.59. The van der Waals surface area contributed by atoms with Crippen LogP contribution >= 0.6 is 0 Å². The van der Waals surface area contributed by atoms with Gasteiger partial charge in [-0.2, -0.15) is 0 Å². The van der Waals surface area contributed by atoms with Crippen LogP contribution in [-0.4, -0.2) is 40.8 Å². The average molecular weight is 295 g/mol. The van der Waals surface area contributed by atoms with Crippen molar-refractivity contribution >= 4 is 5.97 Å². The number of carbonyl (C=O) groups excluding carboxylic acids is 1. The lowest BCUT2D eigenvalue weighted by molar-refractivity contribution is -0.150. The van der Waals surface area contributed by atoms with Crippen LogP contribution in [0.1, 0.15) is 52.3 Å². The Morgan fingerprint density at radius 3 is 2.81 bits per heavy atom. The van der Waals surface area contributed by atoms with Gasteiger partial charge in [-0.25, -0.2) is 0 Å². The average Bonchev–Trinajstić information content (AvgIpc) is 2.88. The highest BCUT2D eigenvalue weighted by molar-refractivity contribution is 5.72. The molecule has 0 aliphatic carbocycles. The molecule has 0 bridgehead atoms. The van der Waals surface area contributed by atoms with Gasteiger partial charge in [-0.15, -0.1) is 10.2 Å². The number of ether oxygens (including phenoxy) is 1. The van der Waals surface area contributed by atoms with Crippen LogP contribution in [0.5, 0.6) is 0 Å². The van der Waals surface area contributed by atoms with Crippen molar-refractivity contribution in [1.29, 1.82) is 0 Å². The molecule has 0 unspecified atom stereocenters. The van der Waals surface area contributed by atoms with Crippen molar-refractivity contribution in [3.63, 3.8) is 0 Å². The Bertz CT molecular complexity index is 479. The van der Waals surface area contributed by atoms with Crippen molar-refractivity contribution in [3.8, 4) is 0 Å². The molecule has 1 atom stereocenters. The summed E-state index contributed by atoms with van der Waals surface area (Å²) in [5.41, 5.74) is -0.138. The van der Waals surface area contributed by atoms with Crippen molar-refractivity contribution in [2.24, 2.45) is 5.92 Å². The molecular formula is C15H25N3O3. The highest BCUT2D eigenvalue weighted by Crippen LogP contribution is 2.23. The first-order valence-corrected chi connectivity index (χ1v) is 7.62. The largest absolute Gasteiger partial charge is 0.466 e. The van der Waals surface area contributed by atoms with Gasteiger partial charge in [0.2, 0.25) is 11.8 Å². The molecule has 1 aliphatic rings. The fourth-order valence-corrected chi connectivity index (χ4v) is 2.46. The number of hydrogen-bond donors (Lipinski definition) is 0. The molecule has 1 fully saturated rings. The van der Waals surface area contributed by atoms with Gasteiger partial charge in [0.15, 0.2) is 0 Å². The van der Waals surface area contributed by atoms with Gasteiger partial charge in [0.25, 0.3) is 0 Å². The molecular weight excluding hydrogens is 270 g/mol. The Labute approximate surface area is 125 Å². The van der Waals surface area contributed by atoms with Crippen molar-refractivity contribution in [3.05, 3.63) is 11.8 Å². The summed E-state index contributed by atoms with van der Waals surface area (Å²) >= 11 is 0. The van der Waals surface area contributed by atoms with E-state index in [0.717, 1.165) is 19.4 Å². The summed E-state index contributed by atoms with van der Waals surface area (Å²) in [7, 11) is 0. The van der Waals surface area contributed by atoms with Gasteiger partial charge >= 0.3 is 5.97 Å². The summed E-state index contributed by atoms with van der Waals surface area (Å²) in [6, 6.07) is 0. The maximum Gasteiger partial charge on any atom is 0.310 e. The van der Waals surface area contributed by atoms with Crippen LogP contribution in [0.25, 0.3) is 0 Å². The standard InChI is InChI=1S/C15H25N3O3/c1-5-20-13(19)11-7-6-8-18(9-11)10-12-16-17-14(21-12)15(2,3)4/h11H,5-10H2,1-4H3/t11-/m0/s1. The topological polar surface area (TPSA) is 68.5 Å². The van der Waals surface area contributed by atoms with E-state index in [9.17, 15) is 4.79 Å². The summed E-state index contributed by atoms with van der Waals surface area (Å²) in [6.07, 6.45) is 1.89. The SMILES string of the molecule is CCOC(=O)[C@H]1CCCN(Cc2nnc(C(C)(C)C)o2)C1. The molecule has 1 aliphatic heterocycles. The molecule has 0 saturated carbocycles. The second-order valence-corrected chi connectivity index (χ2v) is 6.58. The third kappa shape index (κ3) is 4.27. The minimum atomic E-state index is -0.138. The molecule has 1 saturated heterocycles. The number of piperidine rings is 1. The Hall–Kier alpha value is -1.43. The van der Waals surface area contributed by atoms with Crippen LogP contribution in [0.3, 0.4) is 0 Å². The van der Waals surface area contributed by atoms with Gasteiger partial charge in [0, 0.05) is 12.0 Å². The molecule has 1 aromatic rings. The predicted octanol–water partition coefficient (Wildman–Crippen LogP) is 2.14. The van der Waals surface area contributed by atoms with Crippen LogP contribution in [0.15, 0.2) is 4.42 Å². The summed E-state index contributed by atoms with van der Waals surface area (Å²) in [5, 5.41) is 8.21. The minimum Gasteiger partial charge on any atom is -0.466 e. The van der Waals surface area contributed by atoms with E-state index in [1.54, 1.807) is 0 Å². The zero-order chi connectivity index (χ0) is 15.5. The van der Waals surface area contributed by atoms with Crippen molar-refractivity contribution in [2.75, 3.05) is 19.7 Å². The first kappa shape index (κ1) is 15.9. The van der Waals surface area contributed by atoms with E-state index < -0.39 is 0 Å². The lowest BCUT2D eigenvalue weighted by atomic mass is 9.97. The monoisotopic (exact) mass is 295 g/mol. The third-order valence-corrected chi connectivity index (χ3v) is 3.59. The van der Waals surface area contributed by atoms with E-state index in [2.05, 4.69) is 15.1 Å². The molecule has 118 valence electrons. The molecule has 0 spiro atoms. The highest BCUT2D eigenvalue weighted by atomic mass is 16.5. The van der Waals surface area contributed by atoms with Crippen molar-refractivity contribution < 1.29 is 13.9 Å². The van der Waals surface area contributed by atoms with Gasteiger partial charge in [-0.05, 0) is 26.3 Å². The fraction of sp³-hybridized carbons (Fsp3) is 0.800. The second-order valence-electron chi connectivity index (χ2n) is 6.58. The van der Waals surface area contributed by atoms with Gasteiger partial charge in [0.05, 0.1) is 19.1 Å². The van der Waals surface area contributed by atoms with Crippen LogP contribution < -0.4 is 0 Å². The molecule has 1 aromatic heterocycles. The second kappa shape index (κ2) is 6.56. The zero-order valence-corrected chi connectivity index (χ0v) is 13.4. The molecule has 0 N–H and O–H groups in total. The number of likely N-dealkylation sites (tertiary alicyclic amines) is 1. The van der Waals surface area contributed by atoms with E-state index in [0.29, 0.717) is 31.5 Å². The Kier molecular flexibility index (Phi) is 4.98. The number of rotatable bonds is 4. The number of esters is 1. The molecule has 2 rings (SSSR count). The number of carbonyl (C=O) groups is 1. The van der Waals surface area contributed by atoms with E-state index >= 15 is 0 Å². The van der Waals surface area contributed by atoms with Crippen LogP contribution in [0, 0.1) is 5.92 Å². The van der Waals surface area contributed by atoms with Gasteiger partial charge in [-0.1, -0.05) is 20.8 Å². The smallest absolute Gasteiger partial charge is 0.310 e. The van der Waals surface area contributed by atoms with E-state index in [-0.39, 0.29) is 17.3 Å². The summed E-state index contributed by atoms with van der Waals surface area (Å²) in [6.45, 7) is 10.7. The first-order chi connectivity index (χ1) is 9.90. The Morgan fingerprint density at radius 2 is 2.19 bits per heavy atom. The summed E-state index contributed by atoms with van der Waals surface area (Å²) in [4.78, 5) is 14.0. The number of nitrogens with zero attached hydrogens (tertiary/aromatic N) is 3. The molecule has 0 radical (unpaired) electrons. The van der Waals surface area contributed by atoms with Crippen molar-refractivity contribution in [2.45, 2.75) is 52.5 Å². The fourth-order valence-electron chi connectivity index (χ4n) is 2.46.